The van der Waals surface area contributed by atoms with Gasteiger partial charge in [-0.15, -0.1) is 0 Å². The first kappa shape index (κ1) is 21.4. The Labute approximate surface area is 150 Å². The zero-order valence-electron chi connectivity index (χ0n) is 14.8. The molecule has 9 atom stereocenters. The van der Waals surface area contributed by atoms with Gasteiger partial charge < -0.3 is 49.4 Å². The third-order valence-electron chi connectivity index (χ3n) is 4.70. The Kier molecular flexibility index (Phi) is 7.30. The third-order valence-corrected chi connectivity index (χ3v) is 4.70. The molecule has 1 amide bonds. The number of methoxy groups -OCH3 is 2. The van der Waals surface area contributed by atoms with Gasteiger partial charge in [-0.1, -0.05) is 0 Å². The lowest BCUT2D eigenvalue weighted by Gasteiger charge is -2.41. The molecule has 0 aromatic carbocycles. The van der Waals surface area contributed by atoms with E-state index < -0.39 is 61.2 Å². The lowest BCUT2D eigenvalue weighted by atomic mass is 9.98. The van der Waals surface area contributed by atoms with Gasteiger partial charge in [-0.25, -0.2) is 0 Å². The van der Waals surface area contributed by atoms with Crippen LogP contribution in [-0.2, 0) is 23.7 Å². The Balaban J connectivity index is 2.05. The molecular weight excluding hydrogens is 354 g/mol. The van der Waals surface area contributed by atoms with Crippen LogP contribution in [0.4, 0.5) is 0 Å². The van der Waals surface area contributed by atoms with Crippen molar-refractivity contribution in [2.24, 2.45) is 0 Å². The van der Waals surface area contributed by atoms with Gasteiger partial charge in [-0.3, -0.25) is 4.79 Å². The predicted molar refractivity (Wildman–Crippen MR) is 83.6 cm³/mol. The lowest BCUT2D eigenvalue weighted by Crippen LogP contribution is -2.61. The highest BCUT2D eigenvalue weighted by atomic mass is 16.7. The highest BCUT2D eigenvalue weighted by Crippen LogP contribution is 2.25. The Bertz CT molecular complexity index is 477. The van der Waals surface area contributed by atoms with E-state index in [1.807, 2.05) is 0 Å². The van der Waals surface area contributed by atoms with Crippen LogP contribution in [0.3, 0.4) is 0 Å². The smallest absolute Gasteiger partial charge is 0.219 e. The fourth-order valence-corrected chi connectivity index (χ4v) is 3.09. The molecule has 0 saturated carbocycles. The number of hydrogen-bond acceptors (Lipinski definition) is 10. The Morgan fingerprint density at radius 3 is 1.54 bits per heavy atom. The number of carbonyl (C=O) groups is 1. The van der Waals surface area contributed by atoms with Gasteiger partial charge in [0.1, 0.15) is 42.7 Å². The molecule has 0 aromatic heterocycles. The van der Waals surface area contributed by atoms with E-state index in [-0.39, 0.29) is 13.1 Å². The Hall–Kier alpha value is -0.890. The van der Waals surface area contributed by atoms with Crippen LogP contribution >= 0.6 is 0 Å². The highest BCUT2D eigenvalue weighted by Gasteiger charge is 2.47. The molecule has 2 fully saturated rings. The maximum atomic E-state index is 12.0. The van der Waals surface area contributed by atoms with Gasteiger partial charge in [-0.05, 0) is 0 Å². The van der Waals surface area contributed by atoms with Crippen LogP contribution in [0.2, 0.25) is 0 Å². The Morgan fingerprint density at radius 1 is 0.808 bits per heavy atom. The molecule has 0 bridgehead atoms. The number of hydrogen-bond donors (Lipinski definition) is 5. The molecule has 26 heavy (non-hydrogen) atoms. The van der Waals surface area contributed by atoms with E-state index in [9.17, 15) is 30.3 Å². The summed E-state index contributed by atoms with van der Waals surface area (Å²) >= 11 is 0. The molecule has 0 unspecified atom stereocenters. The minimum atomic E-state index is -1.51. The van der Waals surface area contributed by atoms with Crippen LogP contribution in [0.5, 0.6) is 0 Å². The second-order valence-corrected chi connectivity index (χ2v) is 6.43. The largest absolute Gasteiger partial charge is 0.388 e. The first-order valence-corrected chi connectivity index (χ1v) is 8.23. The highest BCUT2D eigenvalue weighted by molar-refractivity contribution is 5.73. The summed E-state index contributed by atoms with van der Waals surface area (Å²) in [6, 6.07) is 0. The zero-order valence-corrected chi connectivity index (χ0v) is 14.8. The van der Waals surface area contributed by atoms with E-state index >= 15 is 0 Å². The number of aliphatic hydroxyl groups is 5. The van der Waals surface area contributed by atoms with Crippen molar-refractivity contribution in [1.29, 1.82) is 0 Å². The minimum Gasteiger partial charge on any atom is -0.388 e. The van der Waals surface area contributed by atoms with Crippen LogP contribution in [-0.4, -0.2) is 119 Å². The molecule has 2 rings (SSSR count). The second-order valence-electron chi connectivity index (χ2n) is 6.43. The molecule has 2 saturated heterocycles. The van der Waals surface area contributed by atoms with Crippen LogP contribution in [0.1, 0.15) is 6.92 Å². The lowest BCUT2D eigenvalue weighted by molar-refractivity contribution is -0.291. The molecule has 11 heteroatoms. The number of nitrogens with zero attached hydrogens (tertiary/aromatic N) is 1. The van der Waals surface area contributed by atoms with Gasteiger partial charge >= 0.3 is 0 Å². The van der Waals surface area contributed by atoms with Crippen molar-refractivity contribution in [1.82, 2.24) is 4.90 Å². The molecular formula is C15H27NO10. The maximum absolute atomic E-state index is 12.0. The summed E-state index contributed by atoms with van der Waals surface area (Å²) in [5, 5.41) is 49.7. The summed E-state index contributed by atoms with van der Waals surface area (Å²) in [6.07, 6.45) is -11.1. The Morgan fingerprint density at radius 2 is 1.19 bits per heavy atom. The monoisotopic (exact) mass is 381 g/mol. The van der Waals surface area contributed by atoms with E-state index in [1.165, 1.54) is 26.0 Å². The van der Waals surface area contributed by atoms with Crippen molar-refractivity contribution >= 4 is 5.91 Å². The number of aliphatic hydroxyl groups excluding tert-OH is 5. The molecule has 0 spiro atoms. The van der Waals surface area contributed by atoms with Gasteiger partial charge in [0.05, 0.1) is 0 Å². The SMILES string of the molecule is CO[C@H]1O[C@H](CN(C[C@H]2O[C@@H](OC)[C@H](O)[C@@H]2O)C(C)=O)[C@@H](O)[C@H](O)[C@H]1O. The van der Waals surface area contributed by atoms with E-state index in [2.05, 4.69) is 0 Å². The van der Waals surface area contributed by atoms with Crippen molar-refractivity contribution in [2.75, 3.05) is 27.3 Å². The van der Waals surface area contributed by atoms with Crippen molar-refractivity contribution < 1.29 is 49.3 Å². The van der Waals surface area contributed by atoms with Crippen molar-refractivity contribution in [3.63, 3.8) is 0 Å². The fraction of sp³-hybridized carbons (Fsp3) is 0.933. The van der Waals surface area contributed by atoms with Gasteiger partial charge in [0.25, 0.3) is 0 Å². The number of carbonyl (C=O) groups excluding carboxylic acids is 1. The molecule has 0 aliphatic carbocycles. The van der Waals surface area contributed by atoms with Gasteiger partial charge in [0, 0.05) is 34.2 Å². The summed E-state index contributed by atoms with van der Waals surface area (Å²) in [4.78, 5) is 13.2. The zero-order chi connectivity index (χ0) is 19.6. The number of rotatable bonds is 6. The van der Waals surface area contributed by atoms with Crippen LogP contribution in [0, 0.1) is 0 Å². The molecule has 2 heterocycles. The van der Waals surface area contributed by atoms with Gasteiger partial charge in [0.15, 0.2) is 12.6 Å². The van der Waals surface area contributed by atoms with E-state index in [4.69, 9.17) is 18.9 Å². The first-order chi connectivity index (χ1) is 12.2. The minimum absolute atomic E-state index is 0.101. The van der Waals surface area contributed by atoms with Crippen LogP contribution < -0.4 is 0 Å². The average molecular weight is 381 g/mol. The van der Waals surface area contributed by atoms with Crippen molar-refractivity contribution in [3.8, 4) is 0 Å². The molecule has 11 nitrogen and oxygen atoms in total. The standard InChI is InChI=1S/C15H27NO10/c1-6(17)16(5-8-10(19)12(21)14(23-2)26-8)4-7-9(18)11(20)13(22)15(24-3)25-7/h7-15,18-22H,4-5H2,1-3H3/t7-,8-,9-,10-,11+,12-,13-,14-,15+/m1/s1. The second kappa shape index (κ2) is 8.87. The summed E-state index contributed by atoms with van der Waals surface area (Å²) < 4.78 is 20.6. The van der Waals surface area contributed by atoms with E-state index in [1.54, 1.807) is 0 Å². The summed E-state index contributed by atoms with van der Waals surface area (Å²) in [6.45, 7) is 1.02. The number of amides is 1. The van der Waals surface area contributed by atoms with Gasteiger partial charge in [0.2, 0.25) is 5.91 Å². The molecule has 5 N–H and O–H groups in total. The molecule has 152 valence electrons. The first-order valence-electron chi connectivity index (χ1n) is 8.23. The number of ether oxygens (including phenoxy) is 4. The summed E-state index contributed by atoms with van der Waals surface area (Å²) in [5.74, 6) is -0.401. The summed E-state index contributed by atoms with van der Waals surface area (Å²) in [7, 11) is 2.59. The summed E-state index contributed by atoms with van der Waals surface area (Å²) in [5.41, 5.74) is 0. The quantitative estimate of drug-likeness (QED) is 0.311. The molecule has 0 radical (unpaired) electrons. The molecule has 0 aromatic rings. The van der Waals surface area contributed by atoms with Crippen LogP contribution in [0.15, 0.2) is 0 Å². The van der Waals surface area contributed by atoms with Gasteiger partial charge in [-0.2, -0.15) is 0 Å². The molecule has 2 aliphatic rings. The van der Waals surface area contributed by atoms with Crippen molar-refractivity contribution in [2.45, 2.75) is 62.2 Å². The maximum Gasteiger partial charge on any atom is 0.219 e. The fourth-order valence-electron chi connectivity index (χ4n) is 3.09. The topological polar surface area (TPSA) is 158 Å². The van der Waals surface area contributed by atoms with Crippen LogP contribution in [0.25, 0.3) is 0 Å². The third kappa shape index (κ3) is 4.32. The van der Waals surface area contributed by atoms with E-state index in [0.29, 0.717) is 0 Å². The van der Waals surface area contributed by atoms with Crippen molar-refractivity contribution in [3.05, 3.63) is 0 Å². The average Bonchev–Trinajstić information content (AvgIpc) is 2.88. The normalized spacial score (nSPS) is 43.5. The molecule has 2 aliphatic heterocycles. The van der Waals surface area contributed by atoms with E-state index in [0.717, 1.165) is 0 Å². The predicted octanol–water partition coefficient (Wildman–Crippen LogP) is -3.62.